The summed E-state index contributed by atoms with van der Waals surface area (Å²) in [5.74, 6) is 0.662. The van der Waals surface area contributed by atoms with Crippen LogP contribution in [0.1, 0.15) is 67.7 Å². The van der Waals surface area contributed by atoms with E-state index in [-0.39, 0.29) is 17.7 Å². The van der Waals surface area contributed by atoms with Gasteiger partial charge in [0.25, 0.3) is 5.91 Å². The molecule has 3 amide bonds. The van der Waals surface area contributed by atoms with Crippen LogP contribution >= 0.6 is 11.6 Å². The van der Waals surface area contributed by atoms with Gasteiger partial charge in [0.2, 0.25) is 0 Å². The lowest BCUT2D eigenvalue weighted by Crippen LogP contribution is -2.53. The predicted octanol–water partition coefficient (Wildman–Crippen LogP) is 5.36. The zero-order chi connectivity index (χ0) is 26.3. The second-order valence-electron chi connectivity index (χ2n) is 10.7. The quantitative estimate of drug-likeness (QED) is 0.500. The maximum Gasteiger partial charge on any atom is 0.328 e. The van der Waals surface area contributed by atoms with Gasteiger partial charge < -0.3 is 15.0 Å². The fraction of sp³-hybridized carbons (Fsp3) is 0.448. The van der Waals surface area contributed by atoms with Gasteiger partial charge in [-0.1, -0.05) is 36.7 Å². The third-order valence-corrected chi connectivity index (χ3v) is 8.33. The molecule has 2 saturated heterocycles. The Morgan fingerprint density at radius 3 is 2.62 bits per heavy atom. The summed E-state index contributed by atoms with van der Waals surface area (Å²) in [5, 5.41) is 10.3. The Morgan fingerprint density at radius 1 is 1.19 bits per heavy atom. The van der Waals surface area contributed by atoms with E-state index in [1.54, 1.807) is 23.1 Å². The molecule has 8 heteroatoms. The summed E-state index contributed by atoms with van der Waals surface area (Å²) in [6.45, 7) is 9.13. The van der Waals surface area contributed by atoms with Crippen LogP contribution in [0.5, 0.6) is 5.75 Å². The predicted molar refractivity (Wildman–Crippen MR) is 146 cm³/mol. The van der Waals surface area contributed by atoms with Crippen LogP contribution in [0.4, 0.5) is 4.79 Å². The molecule has 196 valence electrons. The molecule has 0 unspecified atom stereocenters. The average molecular weight is 523 g/mol. The lowest BCUT2D eigenvalue weighted by Gasteiger charge is -2.42. The Kier molecular flexibility index (Phi) is 6.94. The van der Waals surface area contributed by atoms with Gasteiger partial charge in [-0.15, -0.1) is 0 Å². The van der Waals surface area contributed by atoms with Crippen molar-refractivity contribution < 1.29 is 14.7 Å². The normalized spacial score (nSPS) is 25.0. The molecule has 2 aromatic rings. The molecule has 2 atom stereocenters. The number of halogens is 1. The minimum absolute atomic E-state index is 0.113. The topological polar surface area (TPSA) is 79.9 Å². The number of piperidine rings is 1. The number of likely N-dealkylation sites (tertiary alicyclic amines) is 1. The SMILES string of the molecule is C/C=C\c1[nH]c2c(c1/C=C/Cl)C[C@@]1(C)C(=O)N(CCN3CCC(C)CC3)C(=O)N1[C@@H]2c1cccc(O)c1. The smallest absolute Gasteiger partial charge is 0.328 e. The van der Waals surface area contributed by atoms with Crippen molar-refractivity contribution in [2.75, 3.05) is 26.2 Å². The molecule has 3 aliphatic heterocycles. The number of aromatic amines is 1. The molecule has 0 radical (unpaired) electrons. The molecule has 2 fully saturated rings. The van der Waals surface area contributed by atoms with Crippen LogP contribution in [0.15, 0.2) is 35.9 Å². The standard InChI is InChI=1S/C29H35ClN4O3/c1-4-6-24-22(9-12-30)23-18-29(3)27(36)33(16-15-32-13-10-19(2)11-14-32)28(37)34(29)26(25(23)31-24)20-7-5-8-21(35)17-20/h4-9,12,17,19,26,31,35H,10-11,13-16,18H2,1-3H3/b6-4-,12-9+/t26-,29+/m1/s1. The average Bonchev–Trinajstić information content (AvgIpc) is 3.29. The number of aromatic nitrogens is 1. The van der Waals surface area contributed by atoms with E-state index in [0.29, 0.717) is 19.5 Å². The van der Waals surface area contributed by atoms with Crippen molar-refractivity contribution in [3.05, 3.63) is 64.0 Å². The number of aromatic hydroxyl groups is 1. The number of urea groups is 1. The first kappa shape index (κ1) is 25.6. The number of carbonyl (C=O) groups excluding carboxylic acids is 2. The van der Waals surface area contributed by atoms with E-state index in [4.69, 9.17) is 11.6 Å². The van der Waals surface area contributed by atoms with Crippen molar-refractivity contribution in [2.45, 2.75) is 51.6 Å². The fourth-order valence-electron chi connectivity index (χ4n) is 6.16. The summed E-state index contributed by atoms with van der Waals surface area (Å²) in [6.07, 6.45) is 8.41. The molecule has 7 nitrogen and oxygen atoms in total. The first-order valence-electron chi connectivity index (χ1n) is 13.1. The zero-order valence-electron chi connectivity index (χ0n) is 21.7. The van der Waals surface area contributed by atoms with Crippen LogP contribution in [-0.2, 0) is 11.2 Å². The second-order valence-corrected chi connectivity index (χ2v) is 11.0. The van der Waals surface area contributed by atoms with E-state index >= 15 is 0 Å². The van der Waals surface area contributed by atoms with Crippen molar-refractivity contribution in [3.8, 4) is 5.75 Å². The molecule has 3 aliphatic rings. The van der Waals surface area contributed by atoms with Gasteiger partial charge >= 0.3 is 6.03 Å². The van der Waals surface area contributed by atoms with Crippen molar-refractivity contribution in [1.29, 1.82) is 0 Å². The van der Waals surface area contributed by atoms with Gasteiger partial charge in [-0.2, -0.15) is 0 Å². The maximum atomic E-state index is 14.0. The van der Waals surface area contributed by atoms with Crippen molar-refractivity contribution in [2.24, 2.45) is 5.92 Å². The van der Waals surface area contributed by atoms with Crippen molar-refractivity contribution >= 4 is 35.7 Å². The van der Waals surface area contributed by atoms with E-state index in [1.165, 1.54) is 10.4 Å². The highest BCUT2D eigenvalue weighted by molar-refractivity contribution is 6.27. The molecule has 0 saturated carbocycles. The Hall–Kier alpha value is -3.03. The number of hydrogen-bond donors (Lipinski definition) is 2. The number of carbonyl (C=O) groups is 2. The molecule has 1 aromatic heterocycles. The lowest BCUT2D eigenvalue weighted by atomic mass is 9.80. The zero-order valence-corrected chi connectivity index (χ0v) is 22.5. The van der Waals surface area contributed by atoms with E-state index in [0.717, 1.165) is 59.9 Å². The number of nitrogens with zero attached hydrogens (tertiary/aromatic N) is 3. The summed E-state index contributed by atoms with van der Waals surface area (Å²) in [4.78, 5) is 37.0. The van der Waals surface area contributed by atoms with Crippen LogP contribution in [0.25, 0.3) is 12.2 Å². The van der Waals surface area contributed by atoms with Gasteiger partial charge in [0, 0.05) is 42.0 Å². The highest BCUT2D eigenvalue weighted by Crippen LogP contribution is 2.49. The number of hydrogen-bond acceptors (Lipinski definition) is 4. The number of allylic oxidation sites excluding steroid dienone is 1. The van der Waals surface area contributed by atoms with Crippen LogP contribution in [-0.4, -0.2) is 68.4 Å². The van der Waals surface area contributed by atoms with Crippen molar-refractivity contribution in [3.63, 3.8) is 0 Å². The van der Waals surface area contributed by atoms with Crippen LogP contribution < -0.4 is 0 Å². The van der Waals surface area contributed by atoms with Gasteiger partial charge in [0.15, 0.2) is 0 Å². The molecule has 0 spiro atoms. The van der Waals surface area contributed by atoms with Gasteiger partial charge in [-0.3, -0.25) is 14.6 Å². The minimum Gasteiger partial charge on any atom is -0.508 e. The molecule has 0 bridgehead atoms. The number of rotatable bonds is 6. The molecule has 5 rings (SSSR count). The third kappa shape index (κ3) is 4.38. The fourth-order valence-corrected chi connectivity index (χ4v) is 6.28. The Bertz CT molecular complexity index is 1260. The highest BCUT2D eigenvalue weighted by atomic mass is 35.5. The van der Waals surface area contributed by atoms with E-state index in [9.17, 15) is 14.7 Å². The first-order valence-corrected chi connectivity index (χ1v) is 13.5. The number of amides is 3. The lowest BCUT2D eigenvalue weighted by molar-refractivity contribution is -0.133. The molecular weight excluding hydrogens is 488 g/mol. The first-order chi connectivity index (χ1) is 17.8. The van der Waals surface area contributed by atoms with Crippen LogP contribution in [0.2, 0.25) is 0 Å². The monoisotopic (exact) mass is 522 g/mol. The molecular formula is C29H35ClN4O3. The Labute approximate surface area is 223 Å². The summed E-state index contributed by atoms with van der Waals surface area (Å²) in [7, 11) is 0. The van der Waals surface area contributed by atoms with E-state index in [1.807, 2.05) is 38.1 Å². The van der Waals surface area contributed by atoms with Crippen LogP contribution in [0, 0.1) is 5.92 Å². The number of imide groups is 1. The van der Waals surface area contributed by atoms with Gasteiger partial charge in [-0.05, 0) is 81.1 Å². The maximum absolute atomic E-state index is 14.0. The Morgan fingerprint density at radius 2 is 1.95 bits per heavy atom. The van der Waals surface area contributed by atoms with Crippen LogP contribution in [0.3, 0.4) is 0 Å². The number of phenolic OH excluding ortho intramolecular Hbond substituents is 1. The third-order valence-electron chi connectivity index (χ3n) is 8.20. The van der Waals surface area contributed by atoms with Crippen molar-refractivity contribution in [1.82, 2.24) is 19.7 Å². The number of benzene rings is 1. The molecule has 4 heterocycles. The number of H-pyrrole nitrogens is 1. The summed E-state index contributed by atoms with van der Waals surface area (Å²) in [6, 6.07) is 6.10. The summed E-state index contributed by atoms with van der Waals surface area (Å²) >= 11 is 6.03. The molecule has 37 heavy (non-hydrogen) atoms. The number of fused-ring (bicyclic) bond motifs is 2. The molecule has 1 aromatic carbocycles. The minimum atomic E-state index is -1.05. The van der Waals surface area contributed by atoms with Gasteiger partial charge in [-0.25, -0.2) is 4.79 Å². The Balaban J connectivity index is 1.57. The second kappa shape index (κ2) is 10.0. The largest absolute Gasteiger partial charge is 0.508 e. The van der Waals surface area contributed by atoms with E-state index in [2.05, 4.69) is 16.8 Å². The molecule has 0 aliphatic carbocycles. The summed E-state index contributed by atoms with van der Waals surface area (Å²) in [5.41, 5.74) is 4.75. The van der Waals surface area contributed by atoms with E-state index < -0.39 is 11.6 Å². The summed E-state index contributed by atoms with van der Waals surface area (Å²) < 4.78 is 0. The van der Waals surface area contributed by atoms with Gasteiger partial charge in [0.1, 0.15) is 17.3 Å². The number of nitrogens with one attached hydrogen (secondary N) is 1. The number of phenols is 1. The van der Waals surface area contributed by atoms with Gasteiger partial charge in [0.05, 0.1) is 0 Å². The highest BCUT2D eigenvalue weighted by Gasteiger charge is 2.60. The molecule has 2 N–H and O–H groups in total.